The lowest BCUT2D eigenvalue weighted by Gasteiger charge is -2.11. The van der Waals surface area contributed by atoms with Crippen molar-refractivity contribution in [2.24, 2.45) is 0 Å². The van der Waals surface area contributed by atoms with Crippen molar-refractivity contribution in [2.45, 2.75) is 0 Å². The molecular weight excluding hydrogens is 773 g/mol. The molecule has 12 aromatic rings. The van der Waals surface area contributed by atoms with Crippen molar-refractivity contribution >= 4 is 53.4 Å². The summed E-state index contributed by atoms with van der Waals surface area (Å²) in [5, 5.41) is 4.65. The summed E-state index contributed by atoms with van der Waals surface area (Å²) in [6, 6.07) is 77.3. The fourth-order valence-corrected chi connectivity index (χ4v) is 10.3. The molecule has 3 heterocycles. The Balaban J connectivity index is 0.970. The number of nitrogens with zero attached hydrogens (tertiary/aromatic N) is 2. The van der Waals surface area contributed by atoms with Crippen LogP contribution in [0.15, 0.2) is 223 Å². The predicted octanol–water partition coefficient (Wildman–Crippen LogP) is 16.4. The van der Waals surface area contributed by atoms with Crippen LogP contribution in [0.5, 0.6) is 0 Å². The van der Waals surface area contributed by atoms with Crippen LogP contribution in [0.2, 0.25) is 0 Å². The third kappa shape index (κ3) is 6.20. The first kappa shape index (κ1) is 36.0. The van der Waals surface area contributed by atoms with Crippen LogP contribution in [0.1, 0.15) is 0 Å². The lowest BCUT2D eigenvalue weighted by molar-refractivity contribution is 0.669. The van der Waals surface area contributed by atoms with Crippen molar-refractivity contribution in [1.29, 1.82) is 0 Å². The van der Waals surface area contributed by atoms with Crippen molar-refractivity contribution < 1.29 is 4.42 Å². The highest BCUT2D eigenvalue weighted by atomic mass is 32.1. The van der Waals surface area contributed by atoms with E-state index in [9.17, 15) is 0 Å². The molecule has 0 radical (unpaired) electrons. The molecule has 9 aromatic carbocycles. The Kier molecular flexibility index (Phi) is 8.68. The summed E-state index contributed by atoms with van der Waals surface area (Å²) in [4.78, 5) is 10.5. The van der Waals surface area contributed by atoms with Gasteiger partial charge in [0.25, 0.3) is 0 Å². The van der Waals surface area contributed by atoms with Crippen molar-refractivity contribution in [2.75, 3.05) is 0 Å². The molecule has 0 N–H and O–H groups in total. The molecule has 62 heavy (non-hydrogen) atoms. The van der Waals surface area contributed by atoms with Crippen LogP contribution in [0.25, 0.3) is 121 Å². The Labute approximate surface area is 362 Å². The van der Waals surface area contributed by atoms with Crippen LogP contribution >= 0.6 is 11.3 Å². The molecular formula is C58H36N2OS. The zero-order chi connectivity index (χ0) is 41.0. The second-order valence-corrected chi connectivity index (χ2v) is 16.7. The van der Waals surface area contributed by atoms with E-state index in [2.05, 4.69) is 200 Å². The zero-order valence-corrected chi connectivity index (χ0v) is 34.3. The number of benzene rings is 9. The van der Waals surface area contributed by atoms with E-state index in [0.29, 0.717) is 5.82 Å². The van der Waals surface area contributed by atoms with Gasteiger partial charge < -0.3 is 4.42 Å². The number of furan rings is 1. The van der Waals surface area contributed by atoms with Gasteiger partial charge in [0.1, 0.15) is 11.2 Å². The molecule has 0 aliphatic rings. The van der Waals surface area contributed by atoms with Crippen molar-refractivity contribution in [3.63, 3.8) is 0 Å². The number of aromatic nitrogens is 2. The number of hydrogen-bond acceptors (Lipinski definition) is 4. The van der Waals surface area contributed by atoms with Gasteiger partial charge in [0, 0.05) is 53.2 Å². The largest absolute Gasteiger partial charge is 0.456 e. The zero-order valence-electron chi connectivity index (χ0n) is 33.5. The lowest BCUT2D eigenvalue weighted by atomic mass is 9.93. The molecule has 3 aromatic heterocycles. The third-order valence-corrected chi connectivity index (χ3v) is 13.2. The average molecular weight is 809 g/mol. The molecule has 12 rings (SSSR count). The number of hydrogen-bond donors (Lipinski definition) is 0. The highest BCUT2D eigenvalue weighted by Crippen LogP contribution is 2.46. The molecule has 0 fully saturated rings. The van der Waals surface area contributed by atoms with Gasteiger partial charge >= 0.3 is 0 Å². The van der Waals surface area contributed by atoms with Crippen LogP contribution in [0.3, 0.4) is 0 Å². The average Bonchev–Trinajstić information content (AvgIpc) is 3.93. The molecule has 0 saturated heterocycles. The summed E-state index contributed by atoms with van der Waals surface area (Å²) in [6.45, 7) is 0. The fourth-order valence-electron chi connectivity index (χ4n) is 8.97. The van der Waals surface area contributed by atoms with Gasteiger partial charge in [0.05, 0.1) is 11.4 Å². The number of thiophene rings is 1. The van der Waals surface area contributed by atoms with E-state index in [-0.39, 0.29) is 0 Å². The van der Waals surface area contributed by atoms with Gasteiger partial charge in [-0.15, -0.1) is 11.3 Å². The van der Waals surface area contributed by atoms with E-state index in [1.165, 1.54) is 53.6 Å². The maximum atomic E-state index is 6.45. The summed E-state index contributed by atoms with van der Waals surface area (Å²) >= 11 is 1.88. The first-order valence-corrected chi connectivity index (χ1v) is 21.7. The number of rotatable bonds is 7. The van der Waals surface area contributed by atoms with Crippen molar-refractivity contribution in [3.05, 3.63) is 218 Å². The first-order valence-electron chi connectivity index (χ1n) is 20.9. The second-order valence-electron chi connectivity index (χ2n) is 15.6. The quantitative estimate of drug-likeness (QED) is 0.161. The third-order valence-electron chi connectivity index (χ3n) is 12.0. The molecule has 0 saturated carbocycles. The summed E-state index contributed by atoms with van der Waals surface area (Å²) in [7, 11) is 0. The maximum Gasteiger partial charge on any atom is 0.160 e. The van der Waals surface area contributed by atoms with Crippen LogP contribution in [-0.2, 0) is 0 Å². The van der Waals surface area contributed by atoms with E-state index in [1.807, 2.05) is 29.5 Å². The Morgan fingerprint density at radius 2 is 0.839 bits per heavy atom. The van der Waals surface area contributed by atoms with Gasteiger partial charge in [-0.2, -0.15) is 0 Å². The molecule has 290 valence electrons. The lowest BCUT2D eigenvalue weighted by Crippen LogP contribution is -1.96. The van der Waals surface area contributed by atoms with Crippen molar-refractivity contribution in [3.8, 4) is 78.4 Å². The Bertz CT molecular complexity index is 3610. The topological polar surface area (TPSA) is 38.9 Å². The Morgan fingerprint density at radius 1 is 0.306 bits per heavy atom. The number of fused-ring (bicyclic) bond motifs is 6. The van der Waals surface area contributed by atoms with Crippen LogP contribution < -0.4 is 0 Å². The fraction of sp³-hybridized carbons (Fsp3) is 0. The molecule has 0 bridgehead atoms. The minimum absolute atomic E-state index is 0.671. The molecule has 0 atom stereocenters. The Hall–Kier alpha value is -7.92. The van der Waals surface area contributed by atoms with E-state index in [0.717, 1.165) is 61.1 Å². The molecule has 0 amide bonds. The highest BCUT2D eigenvalue weighted by molar-refractivity contribution is 7.26. The standard InChI is InChI=1S/C58H36N2OS/c1-4-15-37(16-5-1)42-33-34-53-50(35-42)55-49(27-14-28-54(55)61-53)52-36-51(40-19-8-3-9-20-40)59-58(60-52)41-31-29-39(30-32-41)44-23-12-25-47-48-26-13-24-46(57(48)62-56(44)47)45-22-11-10-21-43(45)38-17-6-2-7-18-38/h1-36H. The van der Waals surface area contributed by atoms with Gasteiger partial charge in [0.2, 0.25) is 0 Å². The maximum absolute atomic E-state index is 6.45. The normalized spacial score (nSPS) is 11.5. The summed E-state index contributed by atoms with van der Waals surface area (Å²) in [5.41, 5.74) is 16.0. The summed E-state index contributed by atoms with van der Waals surface area (Å²) in [6.07, 6.45) is 0. The van der Waals surface area contributed by atoms with E-state index in [4.69, 9.17) is 14.4 Å². The van der Waals surface area contributed by atoms with Gasteiger partial charge in [-0.3, -0.25) is 0 Å². The SMILES string of the molecule is c1ccc(-c2ccc3oc4cccc(-c5cc(-c6ccccc6)nc(-c6ccc(-c7cccc8c7sc7c(-c9ccccc9-c9ccccc9)cccc78)cc6)n5)c4c3c2)cc1. The van der Waals surface area contributed by atoms with Gasteiger partial charge in [-0.1, -0.05) is 194 Å². The monoisotopic (exact) mass is 808 g/mol. The first-order chi connectivity index (χ1) is 30.7. The summed E-state index contributed by atoms with van der Waals surface area (Å²) in [5.74, 6) is 0.671. The molecule has 0 unspecified atom stereocenters. The van der Waals surface area contributed by atoms with Crippen molar-refractivity contribution in [1.82, 2.24) is 9.97 Å². The molecule has 0 spiro atoms. The molecule has 0 aliphatic carbocycles. The van der Waals surface area contributed by atoms with Crippen LogP contribution in [0, 0.1) is 0 Å². The minimum Gasteiger partial charge on any atom is -0.456 e. The summed E-state index contributed by atoms with van der Waals surface area (Å²) < 4.78 is 9.02. The van der Waals surface area contributed by atoms with Crippen LogP contribution in [-0.4, -0.2) is 9.97 Å². The van der Waals surface area contributed by atoms with Crippen LogP contribution in [0.4, 0.5) is 0 Å². The Morgan fingerprint density at radius 3 is 1.58 bits per heavy atom. The molecule has 4 heteroatoms. The molecule has 0 aliphatic heterocycles. The predicted molar refractivity (Wildman–Crippen MR) is 260 cm³/mol. The van der Waals surface area contributed by atoms with E-state index in [1.54, 1.807) is 0 Å². The van der Waals surface area contributed by atoms with Gasteiger partial charge in [0.15, 0.2) is 5.82 Å². The minimum atomic E-state index is 0.671. The van der Waals surface area contributed by atoms with Gasteiger partial charge in [-0.05, 0) is 63.2 Å². The highest BCUT2D eigenvalue weighted by Gasteiger charge is 2.19. The van der Waals surface area contributed by atoms with E-state index >= 15 is 0 Å². The second kappa shape index (κ2) is 15.0. The molecule has 3 nitrogen and oxygen atoms in total. The smallest absolute Gasteiger partial charge is 0.160 e. The van der Waals surface area contributed by atoms with Gasteiger partial charge in [-0.25, -0.2) is 9.97 Å². The van der Waals surface area contributed by atoms with E-state index < -0.39 is 0 Å².